The molecule has 30 heavy (non-hydrogen) atoms. The standard InChI is InChI=1S/C23H28ClF3N2O/c1-2-3-4-5-6-7-8-15-30-21-14-9-18(22(24)16-21)17-28-29-20-12-10-19(11-13-20)23(25,26)27/h9-14,16-17,29H,2-8,15H2,1H3. The highest BCUT2D eigenvalue weighted by atomic mass is 35.5. The van der Waals surface area contributed by atoms with Crippen molar-refractivity contribution >= 4 is 23.5 Å². The normalized spacial score (nSPS) is 11.8. The molecule has 3 nitrogen and oxygen atoms in total. The molecule has 0 fully saturated rings. The van der Waals surface area contributed by atoms with Crippen LogP contribution >= 0.6 is 11.6 Å². The number of hydrogen-bond donors (Lipinski definition) is 1. The van der Waals surface area contributed by atoms with Gasteiger partial charge in [0.15, 0.2) is 0 Å². The van der Waals surface area contributed by atoms with Gasteiger partial charge in [-0.05, 0) is 48.9 Å². The molecule has 0 amide bonds. The third kappa shape index (κ3) is 8.66. The number of benzene rings is 2. The van der Waals surface area contributed by atoms with Gasteiger partial charge in [-0.25, -0.2) is 0 Å². The summed E-state index contributed by atoms with van der Waals surface area (Å²) >= 11 is 6.27. The van der Waals surface area contributed by atoms with E-state index in [2.05, 4.69) is 17.5 Å². The van der Waals surface area contributed by atoms with Gasteiger partial charge in [-0.2, -0.15) is 18.3 Å². The maximum atomic E-state index is 12.6. The molecule has 1 N–H and O–H groups in total. The quantitative estimate of drug-likeness (QED) is 0.206. The average Bonchev–Trinajstić information content (AvgIpc) is 2.71. The first-order chi connectivity index (χ1) is 14.4. The monoisotopic (exact) mass is 440 g/mol. The smallest absolute Gasteiger partial charge is 0.416 e. The Hall–Kier alpha value is -2.21. The number of anilines is 1. The number of alkyl halides is 3. The highest BCUT2D eigenvalue weighted by Gasteiger charge is 2.29. The zero-order valence-corrected chi connectivity index (χ0v) is 17.9. The summed E-state index contributed by atoms with van der Waals surface area (Å²) in [6.45, 7) is 2.87. The van der Waals surface area contributed by atoms with Crippen LogP contribution in [-0.4, -0.2) is 12.8 Å². The van der Waals surface area contributed by atoms with Gasteiger partial charge < -0.3 is 4.74 Å². The van der Waals surface area contributed by atoms with Gasteiger partial charge >= 0.3 is 6.18 Å². The van der Waals surface area contributed by atoms with Crippen molar-refractivity contribution in [2.24, 2.45) is 5.10 Å². The number of rotatable bonds is 12. The average molecular weight is 441 g/mol. The highest BCUT2D eigenvalue weighted by molar-refractivity contribution is 6.33. The number of unbranched alkanes of at least 4 members (excludes halogenated alkanes) is 6. The second kappa shape index (κ2) is 12.5. The van der Waals surface area contributed by atoms with Crippen molar-refractivity contribution in [3.8, 4) is 5.75 Å². The van der Waals surface area contributed by atoms with Crippen LogP contribution in [0.3, 0.4) is 0 Å². The second-order valence-corrected chi connectivity index (χ2v) is 7.51. The van der Waals surface area contributed by atoms with E-state index in [0.29, 0.717) is 28.6 Å². The van der Waals surface area contributed by atoms with Gasteiger partial charge in [0.1, 0.15) is 5.75 Å². The van der Waals surface area contributed by atoms with Crippen LogP contribution in [-0.2, 0) is 6.18 Å². The zero-order valence-electron chi connectivity index (χ0n) is 17.1. The molecule has 2 aromatic rings. The number of halogens is 4. The van der Waals surface area contributed by atoms with Gasteiger partial charge in [0.25, 0.3) is 0 Å². The molecule has 0 aliphatic rings. The molecule has 0 radical (unpaired) electrons. The first kappa shape index (κ1) is 24.1. The number of nitrogens with zero attached hydrogens (tertiary/aromatic N) is 1. The van der Waals surface area contributed by atoms with E-state index in [1.165, 1.54) is 50.5 Å². The van der Waals surface area contributed by atoms with Crippen LogP contribution < -0.4 is 10.2 Å². The van der Waals surface area contributed by atoms with Gasteiger partial charge in [-0.3, -0.25) is 5.43 Å². The first-order valence-corrected chi connectivity index (χ1v) is 10.7. The molecule has 2 rings (SSSR count). The van der Waals surface area contributed by atoms with Crippen molar-refractivity contribution in [1.82, 2.24) is 0 Å². The third-order valence-electron chi connectivity index (χ3n) is 4.60. The fourth-order valence-electron chi connectivity index (χ4n) is 2.86. The lowest BCUT2D eigenvalue weighted by atomic mass is 10.1. The van der Waals surface area contributed by atoms with Crippen LogP contribution in [0.2, 0.25) is 5.02 Å². The lowest BCUT2D eigenvalue weighted by Gasteiger charge is -2.08. The molecule has 2 aromatic carbocycles. The summed E-state index contributed by atoms with van der Waals surface area (Å²) in [4.78, 5) is 0. The van der Waals surface area contributed by atoms with E-state index < -0.39 is 11.7 Å². The Balaban J connectivity index is 1.75. The molecule has 0 saturated heterocycles. The summed E-state index contributed by atoms with van der Waals surface area (Å²) in [6.07, 6.45) is 5.75. The second-order valence-electron chi connectivity index (χ2n) is 7.10. The summed E-state index contributed by atoms with van der Waals surface area (Å²) in [6, 6.07) is 10.0. The molecule has 0 unspecified atom stereocenters. The lowest BCUT2D eigenvalue weighted by molar-refractivity contribution is -0.137. The Labute approximate surface area is 181 Å². The van der Waals surface area contributed by atoms with Crippen molar-refractivity contribution in [3.05, 3.63) is 58.6 Å². The SMILES string of the molecule is CCCCCCCCCOc1ccc(C=NNc2ccc(C(F)(F)F)cc2)c(Cl)c1. The highest BCUT2D eigenvalue weighted by Crippen LogP contribution is 2.29. The number of nitrogens with one attached hydrogen (secondary N) is 1. The van der Waals surface area contributed by atoms with Gasteiger partial charge in [0.05, 0.1) is 29.1 Å². The molecular formula is C23H28ClF3N2O. The van der Waals surface area contributed by atoms with Crippen LogP contribution in [0.4, 0.5) is 18.9 Å². The van der Waals surface area contributed by atoms with E-state index in [9.17, 15) is 13.2 Å². The van der Waals surface area contributed by atoms with Crippen LogP contribution in [0.1, 0.15) is 63.0 Å². The van der Waals surface area contributed by atoms with E-state index >= 15 is 0 Å². The minimum Gasteiger partial charge on any atom is -0.494 e. The van der Waals surface area contributed by atoms with Crippen molar-refractivity contribution in [3.63, 3.8) is 0 Å². The molecule has 0 spiro atoms. The molecule has 0 bridgehead atoms. The molecule has 7 heteroatoms. The summed E-state index contributed by atoms with van der Waals surface area (Å²) < 4.78 is 43.5. The minimum absolute atomic E-state index is 0.449. The fraction of sp³-hybridized carbons (Fsp3) is 0.435. The number of ether oxygens (including phenoxy) is 1. The van der Waals surface area contributed by atoms with Crippen LogP contribution in [0.15, 0.2) is 47.6 Å². The zero-order chi connectivity index (χ0) is 21.8. The minimum atomic E-state index is -4.35. The molecule has 0 saturated carbocycles. The molecule has 0 aromatic heterocycles. The lowest BCUT2D eigenvalue weighted by Crippen LogP contribution is -2.04. The molecule has 0 aliphatic heterocycles. The maximum Gasteiger partial charge on any atom is 0.416 e. The van der Waals surface area contributed by atoms with Crippen molar-refractivity contribution < 1.29 is 17.9 Å². The predicted molar refractivity (Wildman–Crippen MR) is 118 cm³/mol. The maximum absolute atomic E-state index is 12.6. The molecular weight excluding hydrogens is 413 g/mol. The van der Waals surface area contributed by atoms with Crippen molar-refractivity contribution in [2.75, 3.05) is 12.0 Å². The van der Waals surface area contributed by atoms with E-state index in [1.54, 1.807) is 12.1 Å². The largest absolute Gasteiger partial charge is 0.494 e. The van der Waals surface area contributed by atoms with Crippen LogP contribution in [0.5, 0.6) is 5.75 Å². The molecule has 0 heterocycles. The Bertz CT molecular complexity index is 792. The first-order valence-electron chi connectivity index (χ1n) is 10.3. The Morgan fingerprint density at radius 2 is 1.63 bits per heavy atom. The topological polar surface area (TPSA) is 33.6 Å². The third-order valence-corrected chi connectivity index (χ3v) is 4.93. The Kier molecular flexibility index (Phi) is 10.0. The summed E-state index contributed by atoms with van der Waals surface area (Å²) in [7, 11) is 0. The van der Waals surface area contributed by atoms with Crippen LogP contribution in [0.25, 0.3) is 0 Å². The molecule has 0 atom stereocenters. The van der Waals surface area contributed by atoms with Gasteiger partial charge in [-0.1, -0.05) is 57.0 Å². The van der Waals surface area contributed by atoms with E-state index in [-0.39, 0.29) is 0 Å². The van der Waals surface area contributed by atoms with Crippen LogP contribution in [0, 0.1) is 0 Å². The summed E-state index contributed by atoms with van der Waals surface area (Å²) in [5.74, 6) is 0.707. The van der Waals surface area contributed by atoms with Crippen molar-refractivity contribution in [1.29, 1.82) is 0 Å². The number of hydrogen-bond acceptors (Lipinski definition) is 3. The summed E-state index contributed by atoms with van der Waals surface area (Å²) in [5, 5.41) is 4.52. The Morgan fingerprint density at radius 1 is 0.967 bits per heavy atom. The van der Waals surface area contributed by atoms with Crippen molar-refractivity contribution in [2.45, 2.75) is 58.0 Å². The van der Waals surface area contributed by atoms with Gasteiger partial charge in [-0.15, -0.1) is 0 Å². The molecule has 0 aliphatic carbocycles. The fourth-order valence-corrected chi connectivity index (χ4v) is 3.08. The van der Waals surface area contributed by atoms with E-state index in [0.717, 1.165) is 25.0 Å². The Morgan fingerprint density at radius 3 is 2.27 bits per heavy atom. The van der Waals surface area contributed by atoms with E-state index in [1.807, 2.05) is 6.07 Å². The molecule has 164 valence electrons. The van der Waals surface area contributed by atoms with E-state index in [4.69, 9.17) is 16.3 Å². The van der Waals surface area contributed by atoms with Gasteiger partial charge in [0.2, 0.25) is 0 Å². The summed E-state index contributed by atoms with van der Waals surface area (Å²) in [5.41, 5.74) is 3.12. The number of hydrazone groups is 1. The van der Waals surface area contributed by atoms with Gasteiger partial charge in [0, 0.05) is 5.56 Å². The predicted octanol–water partition coefficient (Wildman–Crippen LogP) is 7.93.